The van der Waals surface area contributed by atoms with Crippen molar-refractivity contribution in [1.82, 2.24) is 0 Å². The first-order valence-electron chi connectivity index (χ1n) is 7.26. The molecule has 0 aromatic rings. The van der Waals surface area contributed by atoms with E-state index in [1.165, 1.54) is 0 Å². The van der Waals surface area contributed by atoms with Gasteiger partial charge in [-0.1, -0.05) is 0 Å². The Balaban J connectivity index is 0.000000427. The van der Waals surface area contributed by atoms with E-state index in [0.717, 1.165) is 6.42 Å². The molecule has 0 saturated carbocycles. The van der Waals surface area contributed by atoms with Crippen LogP contribution in [0, 0.1) is 6.42 Å². The largest absolute Gasteiger partial charge is 0.417 e. The van der Waals surface area contributed by atoms with Crippen molar-refractivity contribution in [3.63, 3.8) is 0 Å². The van der Waals surface area contributed by atoms with Crippen molar-refractivity contribution in [3.8, 4) is 0 Å². The summed E-state index contributed by atoms with van der Waals surface area (Å²) in [5.74, 6) is 0. The molecule has 0 aliphatic carbocycles. The Morgan fingerprint density at radius 1 is 1.22 bits per heavy atom. The van der Waals surface area contributed by atoms with Crippen molar-refractivity contribution >= 4 is 23.7 Å². The third-order valence-electron chi connectivity index (χ3n) is 3.29. The molecule has 6 atom stereocenters. The summed E-state index contributed by atoms with van der Waals surface area (Å²) in [6, 6.07) is -0.400. The summed E-state index contributed by atoms with van der Waals surface area (Å²) >= 11 is 0. The quantitative estimate of drug-likeness (QED) is 0.357. The Kier molecular flexibility index (Phi) is 14.2. The first-order valence-corrected chi connectivity index (χ1v) is 9.08. The van der Waals surface area contributed by atoms with Crippen LogP contribution in [0.3, 0.4) is 0 Å². The van der Waals surface area contributed by atoms with Gasteiger partial charge >= 0.3 is 0 Å². The molecule has 2 heterocycles. The van der Waals surface area contributed by atoms with Crippen molar-refractivity contribution in [2.75, 3.05) is 34.1 Å². The Hall–Kier alpha value is 1.26. The zero-order valence-corrected chi connectivity index (χ0v) is 17.8. The molecule has 0 aromatic carbocycles. The Bertz CT molecular complexity index is 340. The van der Waals surface area contributed by atoms with Crippen LogP contribution in [0.5, 0.6) is 0 Å². The molecular formula is C13H24B2O6PY-. The fourth-order valence-corrected chi connectivity index (χ4v) is 2.63. The minimum atomic E-state index is -1.90. The predicted octanol–water partition coefficient (Wildman–Crippen LogP) is 0.524. The molecule has 5 radical (unpaired) electrons. The summed E-state index contributed by atoms with van der Waals surface area (Å²) in [6.07, 6.45) is 3.42. The molecule has 2 saturated heterocycles. The molecule has 0 amide bonds. The van der Waals surface area contributed by atoms with Gasteiger partial charge in [0.25, 0.3) is 0 Å². The molecule has 2 fully saturated rings. The second-order valence-corrected chi connectivity index (χ2v) is 6.44. The smallest absolute Gasteiger partial charge is 0.188 e. The van der Waals surface area contributed by atoms with E-state index in [-0.39, 0.29) is 63.0 Å². The van der Waals surface area contributed by atoms with E-state index in [4.69, 9.17) is 39.2 Å². The minimum Gasteiger partial charge on any atom is -0.417 e. The Labute approximate surface area is 167 Å². The summed E-state index contributed by atoms with van der Waals surface area (Å²) in [5, 5.41) is 0. The van der Waals surface area contributed by atoms with Crippen LogP contribution in [0.2, 0.25) is 0 Å². The van der Waals surface area contributed by atoms with E-state index in [1.54, 1.807) is 20.9 Å². The molecule has 0 spiro atoms. The van der Waals surface area contributed by atoms with Crippen LogP contribution in [0.15, 0.2) is 0 Å². The van der Waals surface area contributed by atoms with E-state index < -0.39 is 8.03 Å². The molecule has 2 rings (SSSR count). The van der Waals surface area contributed by atoms with Crippen molar-refractivity contribution in [2.45, 2.75) is 43.2 Å². The van der Waals surface area contributed by atoms with Gasteiger partial charge in [-0.15, -0.1) is 0 Å². The summed E-state index contributed by atoms with van der Waals surface area (Å²) in [6.45, 7) is 2.45. The maximum Gasteiger partial charge on any atom is 0.188 e. The maximum atomic E-state index is 10.7. The molecule has 0 aromatic heterocycles. The second kappa shape index (κ2) is 13.5. The second-order valence-electron chi connectivity index (χ2n) is 5.17. The minimum absolute atomic E-state index is 0. The maximum absolute atomic E-state index is 10.7. The molecule has 2 aliphatic rings. The van der Waals surface area contributed by atoms with E-state index in [0.29, 0.717) is 19.6 Å². The number of rotatable bonds is 6. The monoisotopic (exact) mass is 418 g/mol. The Morgan fingerprint density at radius 2 is 1.91 bits per heavy atom. The summed E-state index contributed by atoms with van der Waals surface area (Å²) in [5.41, 5.74) is 0. The first kappa shape index (κ1) is 24.3. The van der Waals surface area contributed by atoms with Gasteiger partial charge in [0, 0.05) is 66.2 Å². The molecule has 127 valence electrons. The van der Waals surface area contributed by atoms with Crippen LogP contribution >= 0.6 is 8.03 Å². The van der Waals surface area contributed by atoms with Crippen LogP contribution in [0.4, 0.5) is 0 Å². The molecule has 2 aliphatic heterocycles. The summed E-state index contributed by atoms with van der Waals surface area (Å²) in [7, 11) is 12.4. The van der Waals surface area contributed by atoms with Crippen molar-refractivity contribution < 1.29 is 60.7 Å². The van der Waals surface area contributed by atoms with E-state index >= 15 is 0 Å². The average molecular weight is 418 g/mol. The number of methoxy groups -OCH3 is 2. The van der Waals surface area contributed by atoms with Gasteiger partial charge in [-0.2, -0.15) is 6.42 Å². The van der Waals surface area contributed by atoms with Crippen molar-refractivity contribution in [1.29, 1.82) is 0 Å². The van der Waals surface area contributed by atoms with Gasteiger partial charge < -0.3 is 23.5 Å². The molecule has 0 N–H and O–H groups in total. The van der Waals surface area contributed by atoms with Gasteiger partial charge in [-0.25, -0.2) is 0 Å². The zero-order valence-electron chi connectivity index (χ0n) is 14.0. The molecule has 23 heavy (non-hydrogen) atoms. The van der Waals surface area contributed by atoms with Gasteiger partial charge in [0.1, 0.15) is 21.8 Å². The summed E-state index contributed by atoms with van der Waals surface area (Å²) in [4.78, 5) is 0. The standard InChI is InChI=1S/C7H14BO4P.C6H10BO2.Y/c1-10-5-3-7(8)12-6(5)4-11-13(2)9;1-8-4-5-2-3-6(7)9-5;/h5-7,13H,3-4H2,1-2H3;2,5-6H,3-4H2,1H3;/q;-1;. The fourth-order valence-electron chi connectivity index (χ4n) is 2.24. The van der Waals surface area contributed by atoms with Gasteiger partial charge in [-0.05, 0) is 18.5 Å². The number of hydrogen-bond donors (Lipinski definition) is 0. The van der Waals surface area contributed by atoms with Crippen LogP contribution < -0.4 is 0 Å². The Morgan fingerprint density at radius 3 is 2.39 bits per heavy atom. The van der Waals surface area contributed by atoms with E-state index in [2.05, 4.69) is 0 Å². The molecule has 6 nitrogen and oxygen atoms in total. The van der Waals surface area contributed by atoms with E-state index in [9.17, 15) is 4.57 Å². The van der Waals surface area contributed by atoms with Gasteiger partial charge in [0.2, 0.25) is 0 Å². The van der Waals surface area contributed by atoms with Gasteiger partial charge in [0.15, 0.2) is 8.03 Å². The van der Waals surface area contributed by atoms with Crippen molar-refractivity contribution in [2.24, 2.45) is 0 Å². The number of hydrogen-bond acceptors (Lipinski definition) is 6. The third kappa shape index (κ3) is 10.1. The first-order chi connectivity index (χ1) is 10.5. The third-order valence-corrected chi connectivity index (χ3v) is 3.87. The van der Waals surface area contributed by atoms with E-state index in [1.807, 2.05) is 6.42 Å². The van der Waals surface area contributed by atoms with Crippen LogP contribution in [-0.2, 0) is 60.7 Å². The molecule has 0 bridgehead atoms. The zero-order chi connectivity index (χ0) is 16.5. The van der Waals surface area contributed by atoms with Crippen LogP contribution in [-0.4, -0.2) is 80.1 Å². The fraction of sp³-hybridized carbons (Fsp3) is 0.923. The van der Waals surface area contributed by atoms with Gasteiger partial charge in [-0.3, -0.25) is 11.0 Å². The molecule has 10 heteroatoms. The topological polar surface area (TPSA) is 63.2 Å². The molecular weight excluding hydrogens is 394 g/mol. The summed E-state index contributed by atoms with van der Waals surface area (Å²) < 4.78 is 36.2. The molecule has 6 unspecified atom stereocenters. The van der Waals surface area contributed by atoms with Crippen molar-refractivity contribution in [3.05, 3.63) is 6.42 Å². The average Bonchev–Trinajstić information content (AvgIpc) is 3.03. The van der Waals surface area contributed by atoms with Gasteiger partial charge in [0.05, 0.1) is 12.7 Å². The van der Waals surface area contributed by atoms with Crippen LogP contribution in [0.1, 0.15) is 12.8 Å². The van der Waals surface area contributed by atoms with Crippen LogP contribution in [0.25, 0.3) is 0 Å². The SMILES string of the molecule is [B]C1CC(OC)C(CO[PH](C)=O)O1.[B]C1C[CH-]C(COC)O1.[Y]. The normalized spacial score (nSPS) is 34.3. The number of ether oxygens (including phenoxy) is 4. The predicted molar refractivity (Wildman–Crippen MR) is 85.9 cm³/mol.